The van der Waals surface area contributed by atoms with E-state index >= 15 is 0 Å². The Morgan fingerprint density at radius 2 is 1.28 bits per heavy atom. The SMILES string of the molecule is CN(C)CC(=O)c1cccc(C(=O)CN(C)C)c1. The van der Waals surface area contributed by atoms with Gasteiger partial charge in [0, 0.05) is 11.1 Å². The van der Waals surface area contributed by atoms with Gasteiger partial charge in [-0.2, -0.15) is 0 Å². The van der Waals surface area contributed by atoms with E-state index in [1.165, 1.54) is 0 Å². The van der Waals surface area contributed by atoms with Crippen LogP contribution in [0.3, 0.4) is 0 Å². The number of ketones is 2. The van der Waals surface area contributed by atoms with E-state index < -0.39 is 0 Å². The van der Waals surface area contributed by atoms with Gasteiger partial charge in [0.2, 0.25) is 0 Å². The molecule has 1 aromatic carbocycles. The predicted molar refractivity (Wildman–Crippen MR) is 72.2 cm³/mol. The van der Waals surface area contributed by atoms with Gasteiger partial charge in [0.15, 0.2) is 11.6 Å². The molecule has 0 saturated heterocycles. The molecule has 4 heteroatoms. The van der Waals surface area contributed by atoms with Gasteiger partial charge >= 0.3 is 0 Å². The molecular formula is C14H20N2O2. The van der Waals surface area contributed by atoms with Crippen molar-refractivity contribution in [1.82, 2.24) is 9.80 Å². The van der Waals surface area contributed by atoms with Gasteiger partial charge in [0.1, 0.15) is 0 Å². The van der Waals surface area contributed by atoms with Crippen LogP contribution in [-0.4, -0.2) is 62.6 Å². The smallest absolute Gasteiger partial charge is 0.176 e. The average molecular weight is 248 g/mol. The second-order valence-corrected chi connectivity index (χ2v) is 4.90. The van der Waals surface area contributed by atoms with Crippen LogP contribution in [0, 0.1) is 0 Å². The summed E-state index contributed by atoms with van der Waals surface area (Å²) >= 11 is 0. The Labute approximate surface area is 108 Å². The van der Waals surface area contributed by atoms with Crippen LogP contribution < -0.4 is 0 Å². The molecule has 1 aromatic rings. The molecule has 0 amide bonds. The largest absolute Gasteiger partial charge is 0.302 e. The van der Waals surface area contributed by atoms with Gasteiger partial charge in [-0.25, -0.2) is 0 Å². The summed E-state index contributed by atoms with van der Waals surface area (Å²) in [4.78, 5) is 27.4. The zero-order chi connectivity index (χ0) is 13.7. The number of carbonyl (C=O) groups is 2. The second kappa shape index (κ2) is 6.42. The first-order chi connectivity index (χ1) is 8.40. The summed E-state index contributed by atoms with van der Waals surface area (Å²) in [5.74, 6) is 0.0546. The molecule has 0 N–H and O–H groups in total. The molecule has 0 unspecified atom stereocenters. The maximum atomic E-state index is 11.9. The van der Waals surface area contributed by atoms with Crippen molar-refractivity contribution in [2.75, 3.05) is 41.3 Å². The molecular weight excluding hydrogens is 228 g/mol. The molecule has 0 aliphatic heterocycles. The highest BCUT2D eigenvalue weighted by molar-refractivity contribution is 6.02. The van der Waals surface area contributed by atoms with E-state index in [1.54, 1.807) is 24.3 Å². The first-order valence-corrected chi connectivity index (χ1v) is 5.86. The molecule has 1 rings (SSSR count). The first-order valence-electron chi connectivity index (χ1n) is 5.86. The molecule has 0 saturated carbocycles. The summed E-state index contributed by atoms with van der Waals surface area (Å²) in [6, 6.07) is 6.93. The van der Waals surface area contributed by atoms with Crippen molar-refractivity contribution in [2.24, 2.45) is 0 Å². The van der Waals surface area contributed by atoms with Crippen molar-refractivity contribution in [3.05, 3.63) is 35.4 Å². The Balaban J connectivity index is 2.85. The number of benzene rings is 1. The quantitative estimate of drug-likeness (QED) is 0.709. The minimum atomic E-state index is 0.0273. The molecule has 0 radical (unpaired) electrons. The van der Waals surface area contributed by atoms with Crippen LogP contribution >= 0.6 is 0 Å². The third-order valence-corrected chi connectivity index (χ3v) is 2.43. The minimum absolute atomic E-state index is 0.0273. The number of Topliss-reactive ketones (excluding diaryl/α,β-unsaturated/α-hetero) is 2. The van der Waals surface area contributed by atoms with E-state index in [0.29, 0.717) is 24.2 Å². The number of rotatable bonds is 6. The van der Waals surface area contributed by atoms with Crippen molar-refractivity contribution in [3.8, 4) is 0 Å². The summed E-state index contributed by atoms with van der Waals surface area (Å²) in [7, 11) is 7.38. The third kappa shape index (κ3) is 4.39. The second-order valence-electron chi connectivity index (χ2n) is 4.90. The molecule has 0 heterocycles. The molecule has 0 fully saturated rings. The van der Waals surface area contributed by atoms with Crippen molar-refractivity contribution >= 4 is 11.6 Å². The van der Waals surface area contributed by atoms with Crippen LogP contribution in [0.1, 0.15) is 20.7 Å². The fourth-order valence-electron chi connectivity index (χ4n) is 1.62. The van der Waals surface area contributed by atoms with Gasteiger partial charge in [0.25, 0.3) is 0 Å². The van der Waals surface area contributed by atoms with Gasteiger partial charge in [-0.05, 0) is 34.3 Å². The van der Waals surface area contributed by atoms with Gasteiger partial charge in [0.05, 0.1) is 13.1 Å². The number of hydrogen-bond donors (Lipinski definition) is 0. The van der Waals surface area contributed by atoms with Crippen LogP contribution in [0.2, 0.25) is 0 Å². The predicted octanol–water partition coefficient (Wildman–Crippen LogP) is 1.18. The fraction of sp³-hybridized carbons (Fsp3) is 0.429. The average Bonchev–Trinajstić information content (AvgIpc) is 2.27. The highest BCUT2D eigenvalue weighted by atomic mass is 16.1. The third-order valence-electron chi connectivity index (χ3n) is 2.43. The lowest BCUT2D eigenvalue weighted by atomic mass is 10.0. The lowest BCUT2D eigenvalue weighted by Gasteiger charge is -2.10. The zero-order valence-electron chi connectivity index (χ0n) is 11.4. The summed E-state index contributed by atoms with van der Waals surface area (Å²) < 4.78 is 0. The Morgan fingerprint density at radius 1 is 0.889 bits per heavy atom. The maximum Gasteiger partial charge on any atom is 0.176 e. The van der Waals surface area contributed by atoms with E-state index in [1.807, 2.05) is 38.0 Å². The molecule has 0 bridgehead atoms. The van der Waals surface area contributed by atoms with Crippen LogP contribution in [0.15, 0.2) is 24.3 Å². The highest BCUT2D eigenvalue weighted by Crippen LogP contribution is 2.08. The van der Waals surface area contributed by atoms with Crippen molar-refractivity contribution in [1.29, 1.82) is 0 Å². The number of nitrogens with zero attached hydrogens (tertiary/aromatic N) is 2. The Hall–Kier alpha value is -1.52. The monoisotopic (exact) mass is 248 g/mol. The summed E-state index contributed by atoms with van der Waals surface area (Å²) in [5, 5.41) is 0. The van der Waals surface area contributed by atoms with E-state index in [2.05, 4.69) is 0 Å². The minimum Gasteiger partial charge on any atom is -0.302 e. The summed E-state index contributed by atoms with van der Waals surface area (Å²) in [6.45, 7) is 0.705. The summed E-state index contributed by atoms with van der Waals surface area (Å²) in [5.41, 5.74) is 1.18. The van der Waals surface area contributed by atoms with Crippen LogP contribution in [0.4, 0.5) is 0 Å². The molecule has 0 spiro atoms. The Kier molecular flexibility index (Phi) is 5.19. The van der Waals surface area contributed by atoms with Crippen LogP contribution in [-0.2, 0) is 0 Å². The molecule has 0 atom stereocenters. The number of likely N-dealkylation sites (N-methyl/N-ethyl adjacent to an activating group) is 2. The first kappa shape index (κ1) is 14.5. The molecule has 0 aliphatic rings. The molecule has 0 aromatic heterocycles. The molecule has 18 heavy (non-hydrogen) atoms. The molecule has 0 aliphatic carbocycles. The van der Waals surface area contributed by atoms with E-state index in [4.69, 9.17) is 0 Å². The Bertz CT molecular complexity index is 402. The number of carbonyl (C=O) groups excluding carboxylic acids is 2. The summed E-state index contributed by atoms with van der Waals surface area (Å²) in [6.07, 6.45) is 0. The molecule has 4 nitrogen and oxygen atoms in total. The standard InChI is InChI=1S/C14H20N2O2/c1-15(2)9-13(17)11-6-5-7-12(8-11)14(18)10-16(3)4/h5-8H,9-10H2,1-4H3. The van der Waals surface area contributed by atoms with Crippen LogP contribution in [0.25, 0.3) is 0 Å². The van der Waals surface area contributed by atoms with Gasteiger partial charge < -0.3 is 9.80 Å². The van der Waals surface area contributed by atoms with E-state index in [9.17, 15) is 9.59 Å². The lowest BCUT2D eigenvalue weighted by Crippen LogP contribution is -2.23. The fourth-order valence-corrected chi connectivity index (χ4v) is 1.62. The Morgan fingerprint density at radius 3 is 1.61 bits per heavy atom. The van der Waals surface area contributed by atoms with Gasteiger partial charge in [-0.3, -0.25) is 9.59 Å². The van der Waals surface area contributed by atoms with Gasteiger partial charge in [-0.1, -0.05) is 18.2 Å². The topological polar surface area (TPSA) is 40.6 Å². The lowest BCUT2D eigenvalue weighted by molar-refractivity contribution is 0.0957. The van der Waals surface area contributed by atoms with Crippen molar-refractivity contribution < 1.29 is 9.59 Å². The number of hydrogen-bond acceptors (Lipinski definition) is 4. The van der Waals surface area contributed by atoms with E-state index in [0.717, 1.165) is 0 Å². The normalized spacial score (nSPS) is 11.0. The molecule has 98 valence electrons. The van der Waals surface area contributed by atoms with Crippen LogP contribution in [0.5, 0.6) is 0 Å². The zero-order valence-corrected chi connectivity index (χ0v) is 11.4. The van der Waals surface area contributed by atoms with Gasteiger partial charge in [-0.15, -0.1) is 0 Å². The maximum absolute atomic E-state index is 11.9. The van der Waals surface area contributed by atoms with Crippen molar-refractivity contribution in [2.45, 2.75) is 0 Å². The van der Waals surface area contributed by atoms with E-state index in [-0.39, 0.29) is 11.6 Å². The van der Waals surface area contributed by atoms with Crippen molar-refractivity contribution in [3.63, 3.8) is 0 Å². The highest BCUT2D eigenvalue weighted by Gasteiger charge is 2.11.